The highest BCUT2D eigenvalue weighted by molar-refractivity contribution is 7.90. The van der Waals surface area contributed by atoms with E-state index in [1.807, 2.05) is 11.9 Å². The van der Waals surface area contributed by atoms with Gasteiger partial charge >= 0.3 is 0 Å². The van der Waals surface area contributed by atoms with Gasteiger partial charge in [0.1, 0.15) is 11.6 Å². The molecule has 4 rings (SSSR count). The van der Waals surface area contributed by atoms with E-state index in [1.54, 1.807) is 30.3 Å². The fourth-order valence-corrected chi connectivity index (χ4v) is 4.76. The van der Waals surface area contributed by atoms with Gasteiger partial charge in [-0.3, -0.25) is 4.79 Å². The third-order valence-corrected chi connectivity index (χ3v) is 6.48. The molecule has 2 heterocycles. The standard InChI is InChI=1S/C20H20ClN3O4S/c1-24-9-3-6-19(24)23-29(26,27)16-5-2-4-15(12-16)22-20(25)18-11-13-10-14(21)7-8-17(13)28-18/h2,4-5,7-8,10,12,18H,3,6,9,11H2,1H3,(H,22,25). The van der Waals surface area contributed by atoms with Gasteiger partial charge in [-0.25, -0.2) is 0 Å². The van der Waals surface area contributed by atoms with Crippen LogP contribution >= 0.6 is 11.6 Å². The average Bonchev–Trinajstić information content (AvgIpc) is 3.27. The first-order valence-corrected chi connectivity index (χ1v) is 11.0. The van der Waals surface area contributed by atoms with Crippen LogP contribution in [0.1, 0.15) is 18.4 Å². The number of carbonyl (C=O) groups is 1. The number of rotatable bonds is 4. The summed E-state index contributed by atoms with van der Waals surface area (Å²) in [5.74, 6) is 0.825. The summed E-state index contributed by atoms with van der Waals surface area (Å²) in [5.41, 5.74) is 1.24. The Morgan fingerprint density at radius 2 is 2.10 bits per heavy atom. The van der Waals surface area contributed by atoms with E-state index in [1.165, 1.54) is 12.1 Å². The molecule has 7 nitrogen and oxygen atoms in total. The third-order valence-electron chi connectivity index (χ3n) is 4.95. The predicted molar refractivity (Wildman–Crippen MR) is 111 cm³/mol. The molecular weight excluding hydrogens is 414 g/mol. The Kier molecular flexibility index (Phi) is 5.23. The summed E-state index contributed by atoms with van der Waals surface area (Å²) < 4.78 is 34.9. The molecule has 1 unspecified atom stereocenters. The first kappa shape index (κ1) is 19.7. The number of ether oxygens (including phenoxy) is 1. The van der Waals surface area contributed by atoms with Gasteiger partial charge in [-0.1, -0.05) is 17.7 Å². The molecule has 2 aliphatic heterocycles. The van der Waals surface area contributed by atoms with Gasteiger partial charge < -0.3 is 15.0 Å². The summed E-state index contributed by atoms with van der Waals surface area (Å²) in [7, 11) is -2.03. The van der Waals surface area contributed by atoms with Crippen molar-refractivity contribution in [2.75, 3.05) is 18.9 Å². The molecule has 1 N–H and O–H groups in total. The van der Waals surface area contributed by atoms with Crippen LogP contribution in [0.5, 0.6) is 5.75 Å². The number of nitrogens with one attached hydrogen (secondary N) is 1. The van der Waals surface area contributed by atoms with Crippen LogP contribution in [-0.4, -0.2) is 44.8 Å². The highest BCUT2D eigenvalue weighted by atomic mass is 35.5. The Bertz CT molecular complexity index is 1100. The lowest BCUT2D eigenvalue weighted by Crippen LogP contribution is -2.31. The Hall–Kier alpha value is -2.58. The van der Waals surface area contributed by atoms with E-state index in [0.29, 0.717) is 35.1 Å². The molecule has 2 aromatic carbocycles. The van der Waals surface area contributed by atoms with Crippen molar-refractivity contribution in [3.8, 4) is 5.75 Å². The summed E-state index contributed by atoms with van der Waals surface area (Å²) in [6, 6.07) is 11.3. The number of sulfonamides is 1. The number of carbonyl (C=O) groups excluding carboxylic acids is 1. The molecule has 0 aromatic heterocycles. The number of amidine groups is 1. The van der Waals surface area contributed by atoms with Gasteiger partial charge in [-0.05, 0) is 48.4 Å². The number of likely N-dealkylation sites (tertiary alicyclic amines) is 1. The zero-order valence-electron chi connectivity index (χ0n) is 15.8. The summed E-state index contributed by atoms with van der Waals surface area (Å²) >= 11 is 5.98. The Morgan fingerprint density at radius 1 is 1.28 bits per heavy atom. The molecule has 1 amide bonds. The van der Waals surface area contributed by atoms with Crippen LogP contribution in [0.15, 0.2) is 51.8 Å². The highest BCUT2D eigenvalue weighted by Gasteiger charge is 2.29. The minimum atomic E-state index is -3.85. The summed E-state index contributed by atoms with van der Waals surface area (Å²) in [5, 5.41) is 3.31. The van der Waals surface area contributed by atoms with Gasteiger partial charge in [0.25, 0.3) is 15.9 Å². The van der Waals surface area contributed by atoms with Crippen molar-refractivity contribution in [1.82, 2.24) is 4.90 Å². The Morgan fingerprint density at radius 3 is 2.86 bits per heavy atom. The fraction of sp³-hybridized carbons (Fsp3) is 0.300. The largest absolute Gasteiger partial charge is 0.480 e. The predicted octanol–water partition coefficient (Wildman–Crippen LogP) is 3.10. The van der Waals surface area contributed by atoms with Crippen molar-refractivity contribution < 1.29 is 17.9 Å². The van der Waals surface area contributed by atoms with Gasteiger partial charge in [0, 0.05) is 37.1 Å². The van der Waals surface area contributed by atoms with E-state index in [2.05, 4.69) is 9.71 Å². The van der Waals surface area contributed by atoms with Crippen molar-refractivity contribution in [1.29, 1.82) is 0 Å². The summed E-state index contributed by atoms with van der Waals surface area (Å²) in [6.07, 6.45) is 1.22. The molecular formula is C20H20ClN3O4S. The van der Waals surface area contributed by atoms with Crippen molar-refractivity contribution in [3.05, 3.63) is 53.1 Å². The van der Waals surface area contributed by atoms with Gasteiger partial charge in [0.2, 0.25) is 0 Å². The normalized spacial score (nSPS) is 19.9. The smallest absolute Gasteiger partial charge is 0.284 e. The quantitative estimate of drug-likeness (QED) is 0.800. The van der Waals surface area contributed by atoms with E-state index in [4.69, 9.17) is 16.3 Å². The number of hydrogen-bond acceptors (Lipinski definition) is 4. The molecule has 29 heavy (non-hydrogen) atoms. The van der Waals surface area contributed by atoms with Crippen LogP contribution in [-0.2, 0) is 21.2 Å². The number of halogens is 1. The molecule has 0 spiro atoms. The molecule has 0 saturated carbocycles. The second-order valence-electron chi connectivity index (χ2n) is 7.09. The first-order chi connectivity index (χ1) is 13.8. The van der Waals surface area contributed by atoms with Crippen molar-refractivity contribution >= 4 is 39.1 Å². The Balaban J connectivity index is 1.49. The van der Waals surface area contributed by atoms with Crippen LogP contribution in [0.25, 0.3) is 0 Å². The third kappa shape index (κ3) is 4.23. The number of amides is 1. The van der Waals surface area contributed by atoms with Gasteiger partial charge in [0.05, 0.1) is 4.90 Å². The molecule has 2 aromatic rings. The minimum Gasteiger partial charge on any atom is -0.480 e. The van der Waals surface area contributed by atoms with Crippen molar-refractivity contribution in [3.63, 3.8) is 0 Å². The minimum absolute atomic E-state index is 0.0329. The second kappa shape index (κ2) is 7.68. The molecule has 1 saturated heterocycles. The monoisotopic (exact) mass is 433 g/mol. The fourth-order valence-electron chi connectivity index (χ4n) is 3.42. The molecule has 0 radical (unpaired) electrons. The molecule has 0 aliphatic carbocycles. The molecule has 1 fully saturated rings. The molecule has 9 heteroatoms. The Labute approximate surface area is 174 Å². The zero-order chi connectivity index (χ0) is 20.6. The van der Waals surface area contributed by atoms with Gasteiger partial charge in [-0.15, -0.1) is 4.40 Å². The number of nitrogens with zero attached hydrogens (tertiary/aromatic N) is 2. The molecule has 152 valence electrons. The van der Waals surface area contributed by atoms with Crippen LogP contribution in [0.2, 0.25) is 5.02 Å². The average molecular weight is 434 g/mol. The van der Waals surface area contributed by atoms with E-state index in [0.717, 1.165) is 18.5 Å². The van der Waals surface area contributed by atoms with E-state index in [-0.39, 0.29) is 10.8 Å². The number of fused-ring (bicyclic) bond motifs is 1. The maximum Gasteiger partial charge on any atom is 0.284 e. The lowest BCUT2D eigenvalue weighted by Gasteiger charge is -2.13. The lowest BCUT2D eigenvalue weighted by molar-refractivity contribution is -0.122. The summed E-state index contributed by atoms with van der Waals surface area (Å²) in [4.78, 5) is 14.5. The van der Waals surface area contributed by atoms with Crippen LogP contribution in [0, 0.1) is 0 Å². The SMILES string of the molecule is CN1CCCC1=NS(=O)(=O)c1cccc(NC(=O)C2Cc3cc(Cl)ccc3O2)c1. The number of benzene rings is 2. The first-order valence-electron chi connectivity index (χ1n) is 9.23. The van der Waals surface area contributed by atoms with Crippen LogP contribution in [0.3, 0.4) is 0 Å². The number of anilines is 1. The molecule has 0 bridgehead atoms. The lowest BCUT2D eigenvalue weighted by atomic mass is 10.1. The van der Waals surface area contributed by atoms with E-state index < -0.39 is 16.1 Å². The number of hydrogen-bond donors (Lipinski definition) is 1. The van der Waals surface area contributed by atoms with Gasteiger partial charge in [-0.2, -0.15) is 8.42 Å². The van der Waals surface area contributed by atoms with Crippen molar-refractivity contribution in [2.24, 2.45) is 4.40 Å². The van der Waals surface area contributed by atoms with Crippen molar-refractivity contribution in [2.45, 2.75) is 30.3 Å². The maximum absolute atomic E-state index is 12.6. The van der Waals surface area contributed by atoms with Crippen LogP contribution in [0.4, 0.5) is 5.69 Å². The van der Waals surface area contributed by atoms with E-state index in [9.17, 15) is 13.2 Å². The molecule has 2 aliphatic rings. The summed E-state index contributed by atoms with van der Waals surface area (Å²) in [6.45, 7) is 0.791. The second-order valence-corrected chi connectivity index (χ2v) is 9.13. The topological polar surface area (TPSA) is 88.1 Å². The zero-order valence-corrected chi connectivity index (χ0v) is 17.3. The van der Waals surface area contributed by atoms with E-state index >= 15 is 0 Å². The maximum atomic E-state index is 12.6. The van der Waals surface area contributed by atoms with Crippen LogP contribution < -0.4 is 10.1 Å². The molecule has 1 atom stereocenters. The van der Waals surface area contributed by atoms with Gasteiger partial charge in [0.15, 0.2) is 6.10 Å². The highest BCUT2D eigenvalue weighted by Crippen LogP contribution is 2.31.